The van der Waals surface area contributed by atoms with Crippen LogP contribution in [0.4, 0.5) is 0 Å². The molecule has 0 fully saturated rings. The smallest absolute Gasteiger partial charge is 0.303 e. The average molecular weight is 255 g/mol. The summed E-state index contributed by atoms with van der Waals surface area (Å²) in [6, 6.07) is -0.237. The minimum atomic E-state index is -0.892. The van der Waals surface area contributed by atoms with Crippen molar-refractivity contribution in [2.75, 3.05) is 7.05 Å². The Kier molecular flexibility index (Phi) is 4.82. The molecule has 100 valence electrons. The molecule has 1 rings (SSSR count). The van der Waals surface area contributed by atoms with Crippen molar-refractivity contribution in [2.45, 2.75) is 38.6 Å². The zero-order valence-corrected chi connectivity index (χ0v) is 10.5. The topological polar surface area (TPSA) is 99.1 Å². The van der Waals surface area contributed by atoms with Crippen molar-refractivity contribution in [1.29, 1.82) is 0 Å². The monoisotopic (exact) mass is 255 g/mol. The molecule has 18 heavy (non-hydrogen) atoms. The summed E-state index contributed by atoms with van der Waals surface area (Å²) in [5, 5.41) is 16.2. The first kappa shape index (κ1) is 14.1. The molecule has 0 aromatic rings. The van der Waals surface area contributed by atoms with Gasteiger partial charge >= 0.3 is 5.97 Å². The molecule has 0 aromatic heterocycles. The number of amides is 2. The predicted octanol–water partition coefficient (Wildman–Crippen LogP) is -0.0359. The molecule has 2 amide bonds. The van der Waals surface area contributed by atoms with Crippen LogP contribution < -0.4 is 5.32 Å². The van der Waals surface area contributed by atoms with Crippen molar-refractivity contribution in [3.63, 3.8) is 0 Å². The Morgan fingerprint density at radius 3 is 2.72 bits per heavy atom. The Labute approximate surface area is 105 Å². The molecule has 1 atom stereocenters. The molecule has 1 aliphatic heterocycles. The molecular formula is C11H17N3O4. The van der Waals surface area contributed by atoms with E-state index in [0.717, 1.165) is 5.01 Å². The number of hydrogen-bond donors (Lipinski definition) is 2. The highest BCUT2D eigenvalue weighted by Crippen LogP contribution is 2.07. The van der Waals surface area contributed by atoms with Crippen molar-refractivity contribution in [1.82, 2.24) is 10.3 Å². The maximum atomic E-state index is 11.8. The van der Waals surface area contributed by atoms with Gasteiger partial charge in [-0.1, -0.05) is 0 Å². The second kappa shape index (κ2) is 6.13. The molecule has 0 aromatic carbocycles. The summed E-state index contributed by atoms with van der Waals surface area (Å²) >= 11 is 0. The van der Waals surface area contributed by atoms with E-state index in [9.17, 15) is 14.4 Å². The van der Waals surface area contributed by atoms with Gasteiger partial charge in [0.1, 0.15) is 5.71 Å². The molecule has 0 aliphatic carbocycles. The SMILES string of the molecule is CC(CCC(=O)O)NC(=O)C1=NN(C)C(=O)CC1. The summed E-state index contributed by atoms with van der Waals surface area (Å²) in [6.45, 7) is 1.74. The van der Waals surface area contributed by atoms with Crippen LogP contribution in [0.1, 0.15) is 32.6 Å². The molecule has 1 unspecified atom stereocenters. The first-order valence-electron chi connectivity index (χ1n) is 5.77. The second-order valence-electron chi connectivity index (χ2n) is 4.27. The summed E-state index contributed by atoms with van der Waals surface area (Å²) in [5.41, 5.74) is 0.305. The molecule has 0 radical (unpaired) electrons. The van der Waals surface area contributed by atoms with Gasteiger partial charge < -0.3 is 10.4 Å². The van der Waals surface area contributed by atoms with Gasteiger partial charge in [-0.05, 0) is 13.3 Å². The number of hydrazone groups is 1. The van der Waals surface area contributed by atoms with Gasteiger partial charge in [-0.2, -0.15) is 5.10 Å². The van der Waals surface area contributed by atoms with Crippen molar-refractivity contribution < 1.29 is 19.5 Å². The highest BCUT2D eigenvalue weighted by atomic mass is 16.4. The van der Waals surface area contributed by atoms with E-state index in [-0.39, 0.29) is 30.7 Å². The largest absolute Gasteiger partial charge is 0.481 e. The lowest BCUT2D eigenvalue weighted by atomic mass is 10.1. The maximum absolute atomic E-state index is 11.8. The molecule has 7 heteroatoms. The molecule has 1 aliphatic rings. The fourth-order valence-corrected chi connectivity index (χ4v) is 1.55. The highest BCUT2D eigenvalue weighted by molar-refractivity contribution is 6.39. The average Bonchev–Trinajstić information content (AvgIpc) is 2.30. The van der Waals surface area contributed by atoms with Crippen LogP contribution in [-0.4, -0.2) is 46.7 Å². The molecule has 2 N–H and O–H groups in total. The van der Waals surface area contributed by atoms with Crippen LogP contribution in [0.2, 0.25) is 0 Å². The zero-order chi connectivity index (χ0) is 13.7. The number of hydrogen-bond acceptors (Lipinski definition) is 4. The summed E-state index contributed by atoms with van der Waals surface area (Å²) in [6.07, 6.45) is 0.961. The van der Waals surface area contributed by atoms with Crippen molar-refractivity contribution in [3.05, 3.63) is 0 Å². The predicted molar refractivity (Wildman–Crippen MR) is 63.9 cm³/mol. The summed E-state index contributed by atoms with van der Waals surface area (Å²) in [7, 11) is 1.50. The van der Waals surface area contributed by atoms with Gasteiger partial charge in [-0.15, -0.1) is 0 Å². The van der Waals surface area contributed by atoms with E-state index in [2.05, 4.69) is 10.4 Å². The highest BCUT2D eigenvalue weighted by Gasteiger charge is 2.22. The Bertz CT molecular complexity index is 392. The first-order chi connectivity index (χ1) is 8.40. The number of nitrogens with one attached hydrogen (secondary N) is 1. The minimum absolute atomic E-state index is 0.00626. The quantitative estimate of drug-likeness (QED) is 0.720. The van der Waals surface area contributed by atoms with Gasteiger partial charge in [-0.3, -0.25) is 14.4 Å². The van der Waals surface area contributed by atoms with Gasteiger partial charge in [0.2, 0.25) is 5.91 Å². The van der Waals surface area contributed by atoms with E-state index in [1.807, 2.05) is 0 Å². The maximum Gasteiger partial charge on any atom is 0.303 e. The zero-order valence-electron chi connectivity index (χ0n) is 10.5. The van der Waals surface area contributed by atoms with Crippen molar-refractivity contribution in [3.8, 4) is 0 Å². The number of carboxylic acids is 1. The molecule has 7 nitrogen and oxygen atoms in total. The minimum Gasteiger partial charge on any atom is -0.481 e. The Balaban J connectivity index is 2.48. The number of carbonyl (C=O) groups is 3. The number of carboxylic acid groups (broad SMARTS) is 1. The standard InChI is InChI=1S/C11H17N3O4/c1-7(3-6-10(16)17)12-11(18)8-4-5-9(15)14(2)13-8/h7H,3-6H2,1-2H3,(H,12,18)(H,16,17). The number of aliphatic carboxylic acids is 1. The fourth-order valence-electron chi connectivity index (χ4n) is 1.55. The van der Waals surface area contributed by atoms with E-state index in [1.54, 1.807) is 6.92 Å². The third-order valence-corrected chi connectivity index (χ3v) is 2.64. The third kappa shape index (κ3) is 4.15. The van der Waals surface area contributed by atoms with E-state index < -0.39 is 5.97 Å². The summed E-state index contributed by atoms with van der Waals surface area (Å²) < 4.78 is 0. The van der Waals surface area contributed by atoms with Gasteiger partial charge in [0.05, 0.1) is 0 Å². The Morgan fingerprint density at radius 1 is 1.50 bits per heavy atom. The van der Waals surface area contributed by atoms with E-state index in [1.165, 1.54) is 7.05 Å². The van der Waals surface area contributed by atoms with Gasteiger partial charge in [0.25, 0.3) is 5.91 Å². The van der Waals surface area contributed by atoms with Crippen LogP contribution in [0.25, 0.3) is 0 Å². The summed E-state index contributed by atoms with van der Waals surface area (Å²) in [4.78, 5) is 33.4. The van der Waals surface area contributed by atoms with E-state index in [0.29, 0.717) is 18.6 Å². The molecule has 1 heterocycles. The lowest BCUT2D eigenvalue weighted by molar-refractivity contribution is -0.137. The van der Waals surface area contributed by atoms with Crippen LogP contribution in [-0.2, 0) is 14.4 Å². The lowest BCUT2D eigenvalue weighted by Gasteiger charge is -2.20. The van der Waals surface area contributed by atoms with Gasteiger partial charge in [-0.25, -0.2) is 5.01 Å². The van der Waals surface area contributed by atoms with Gasteiger partial charge in [0.15, 0.2) is 0 Å². The van der Waals surface area contributed by atoms with Crippen LogP contribution >= 0.6 is 0 Å². The number of rotatable bonds is 5. The molecule has 0 saturated carbocycles. The van der Waals surface area contributed by atoms with E-state index >= 15 is 0 Å². The van der Waals surface area contributed by atoms with Crippen LogP contribution in [0, 0.1) is 0 Å². The normalized spacial score (nSPS) is 17.1. The lowest BCUT2D eigenvalue weighted by Crippen LogP contribution is -2.41. The number of carbonyl (C=O) groups excluding carboxylic acids is 2. The third-order valence-electron chi connectivity index (χ3n) is 2.64. The van der Waals surface area contributed by atoms with Crippen LogP contribution in [0.5, 0.6) is 0 Å². The first-order valence-corrected chi connectivity index (χ1v) is 5.77. The van der Waals surface area contributed by atoms with Crippen LogP contribution in [0.3, 0.4) is 0 Å². The molecule has 0 saturated heterocycles. The fraction of sp³-hybridized carbons (Fsp3) is 0.636. The second-order valence-corrected chi connectivity index (χ2v) is 4.27. The molecular weight excluding hydrogens is 238 g/mol. The Hall–Kier alpha value is -1.92. The molecule has 0 spiro atoms. The summed E-state index contributed by atoms with van der Waals surface area (Å²) in [5.74, 6) is -1.35. The van der Waals surface area contributed by atoms with Crippen LogP contribution in [0.15, 0.2) is 5.10 Å². The van der Waals surface area contributed by atoms with E-state index in [4.69, 9.17) is 5.11 Å². The van der Waals surface area contributed by atoms with Crippen molar-refractivity contribution in [2.24, 2.45) is 5.10 Å². The van der Waals surface area contributed by atoms with Gasteiger partial charge in [0, 0.05) is 32.4 Å². The van der Waals surface area contributed by atoms with Crippen molar-refractivity contribution >= 4 is 23.5 Å². The Morgan fingerprint density at radius 2 is 2.17 bits per heavy atom. The molecule has 0 bridgehead atoms. The number of nitrogens with zero attached hydrogens (tertiary/aromatic N) is 2.